The number of nitrogens with one attached hydrogen (secondary N) is 1. The Bertz CT molecular complexity index is 509. The molecule has 0 aromatic heterocycles. The van der Waals surface area contributed by atoms with Crippen LogP contribution in [0.3, 0.4) is 0 Å². The lowest BCUT2D eigenvalue weighted by Crippen LogP contribution is -2.46. The summed E-state index contributed by atoms with van der Waals surface area (Å²) >= 11 is 0. The molecular weight excluding hydrogens is 258 g/mol. The molecule has 0 bridgehead atoms. The van der Waals surface area contributed by atoms with Crippen LogP contribution >= 0.6 is 0 Å². The van der Waals surface area contributed by atoms with Crippen molar-refractivity contribution in [1.29, 1.82) is 0 Å². The standard InChI is InChI=1S/C18H27N3/c1-3-19-18(21-10-6-7-14(2)13-21)20-12-16-11-15-8-4-5-9-17(15)16/h4-5,8-9,14,16H,3,6-7,10-13H2,1-2H3,(H,19,20). The lowest BCUT2D eigenvalue weighted by molar-refractivity contribution is 0.265. The molecule has 3 rings (SSSR count). The summed E-state index contributed by atoms with van der Waals surface area (Å²) in [5, 5.41) is 3.48. The highest BCUT2D eigenvalue weighted by atomic mass is 15.3. The van der Waals surface area contributed by atoms with E-state index >= 15 is 0 Å². The first-order chi connectivity index (χ1) is 10.3. The molecule has 1 N–H and O–H groups in total. The van der Waals surface area contributed by atoms with E-state index in [1.807, 2.05) is 0 Å². The van der Waals surface area contributed by atoms with Crippen molar-refractivity contribution in [3.63, 3.8) is 0 Å². The van der Waals surface area contributed by atoms with E-state index in [-0.39, 0.29) is 0 Å². The molecular formula is C18H27N3. The monoisotopic (exact) mass is 285 g/mol. The van der Waals surface area contributed by atoms with Crippen molar-refractivity contribution in [2.24, 2.45) is 10.9 Å². The largest absolute Gasteiger partial charge is 0.357 e. The van der Waals surface area contributed by atoms with Gasteiger partial charge in [0.2, 0.25) is 0 Å². The van der Waals surface area contributed by atoms with Crippen LogP contribution in [0.25, 0.3) is 0 Å². The third kappa shape index (κ3) is 3.22. The number of likely N-dealkylation sites (tertiary alicyclic amines) is 1. The molecule has 1 saturated heterocycles. The summed E-state index contributed by atoms with van der Waals surface area (Å²) in [5.41, 5.74) is 3.01. The summed E-state index contributed by atoms with van der Waals surface area (Å²) in [7, 11) is 0. The zero-order chi connectivity index (χ0) is 14.7. The predicted molar refractivity (Wildman–Crippen MR) is 88.8 cm³/mol. The summed E-state index contributed by atoms with van der Waals surface area (Å²) < 4.78 is 0. The van der Waals surface area contributed by atoms with Gasteiger partial charge in [-0.2, -0.15) is 0 Å². The fraction of sp³-hybridized carbons (Fsp3) is 0.611. The molecule has 0 radical (unpaired) electrons. The highest BCUT2D eigenvalue weighted by Crippen LogP contribution is 2.34. The van der Waals surface area contributed by atoms with E-state index in [1.165, 1.54) is 30.4 Å². The number of hydrogen-bond acceptors (Lipinski definition) is 1. The smallest absolute Gasteiger partial charge is 0.193 e. The van der Waals surface area contributed by atoms with E-state index in [0.29, 0.717) is 5.92 Å². The molecule has 0 amide bonds. The molecule has 2 unspecified atom stereocenters. The minimum absolute atomic E-state index is 0.622. The maximum atomic E-state index is 4.92. The van der Waals surface area contributed by atoms with Crippen molar-refractivity contribution in [3.05, 3.63) is 35.4 Å². The van der Waals surface area contributed by atoms with Crippen molar-refractivity contribution in [1.82, 2.24) is 10.2 Å². The maximum absolute atomic E-state index is 4.92. The fourth-order valence-electron chi connectivity index (χ4n) is 3.53. The molecule has 0 saturated carbocycles. The zero-order valence-electron chi connectivity index (χ0n) is 13.3. The Morgan fingerprint density at radius 1 is 1.38 bits per heavy atom. The minimum Gasteiger partial charge on any atom is -0.357 e. The number of aliphatic imine (C=N–C) groups is 1. The van der Waals surface area contributed by atoms with Crippen molar-refractivity contribution in [3.8, 4) is 0 Å². The minimum atomic E-state index is 0.622. The van der Waals surface area contributed by atoms with Crippen molar-refractivity contribution < 1.29 is 0 Å². The van der Waals surface area contributed by atoms with Crippen molar-refractivity contribution >= 4 is 5.96 Å². The lowest BCUT2D eigenvalue weighted by atomic mass is 9.78. The average Bonchev–Trinajstić information content (AvgIpc) is 2.47. The summed E-state index contributed by atoms with van der Waals surface area (Å²) in [5.74, 6) is 2.53. The van der Waals surface area contributed by atoms with E-state index < -0.39 is 0 Å². The van der Waals surface area contributed by atoms with Gasteiger partial charge >= 0.3 is 0 Å². The van der Waals surface area contributed by atoms with Crippen LogP contribution in [0.1, 0.15) is 43.7 Å². The summed E-state index contributed by atoms with van der Waals surface area (Å²) in [6.07, 6.45) is 3.83. The molecule has 21 heavy (non-hydrogen) atoms. The van der Waals surface area contributed by atoms with Gasteiger partial charge < -0.3 is 10.2 Å². The van der Waals surface area contributed by atoms with Gasteiger partial charge in [0, 0.05) is 32.1 Å². The molecule has 1 aliphatic carbocycles. The predicted octanol–water partition coefficient (Wildman–Crippen LogP) is 3.02. The second kappa shape index (κ2) is 6.50. The van der Waals surface area contributed by atoms with Gasteiger partial charge in [0.15, 0.2) is 5.96 Å². The normalized spacial score (nSPS) is 25.2. The van der Waals surface area contributed by atoms with Crippen LogP contribution < -0.4 is 5.32 Å². The molecule has 1 aromatic rings. The average molecular weight is 285 g/mol. The fourth-order valence-corrected chi connectivity index (χ4v) is 3.53. The first-order valence-electron chi connectivity index (χ1n) is 8.39. The lowest BCUT2D eigenvalue weighted by Gasteiger charge is -2.34. The number of nitrogens with zero attached hydrogens (tertiary/aromatic N) is 2. The SMILES string of the molecule is CCNC(=NCC1Cc2ccccc21)N1CCCC(C)C1. The highest BCUT2D eigenvalue weighted by molar-refractivity contribution is 5.80. The third-order valence-corrected chi connectivity index (χ3v) is 4.71. The van der Waals surface area contributed by atoms with Crippen LogP contribution in [-0.2, 0) is 6.42 Å². The van der Waals surface area contributed by atoms with E-state index in [9.17, 15) is 0 Å². The Morgan fingerprint density at radius 2 is 2.24 bits per heavy atom. The van der Waals surface area contributed by atoms with Crippen LogP contribution in [0, 0.1) is 5.92 Å². The Hall–Kier alpha value is -1.51. The summed E-state index contributed by atoms with van der Waals surface area (Å²) in [4.78, 5) is 7.37. The third-order valence-electron chi connectivity index (χ3n) is 4.71. The number of piperidine rings is 1. The van der Waals surface area contributed by atoms with Gasteiger partial charge in [-0.1, -0.05) is 31.2 Å². The van der Waals surface area contributed by atoms with E-state index in [1.54, 1.807) is 0 Å². The molecule has 114 valence electrons. The van der Waals surface area contributed by atoms with Crippen molar-refractivity contribution in [2.75, 3.05) is 26.2 Å². The molecule has 2 atom stereocenters. The van der Waals surface area contributed by atoms with Crippen LogP contribution in [0.4, 0.5) is 0 Å². The van der Waals surface area contributed by atoms with Gasteiger partial charge in [-0.05, 0) is 43.2 Å². The van der Waals surface area contributed by atoms with Crippen LogP contribution in [0.2, 0.25) is 0 Å². The molecule has 1 aromatic carbocycles. The quantitative estimate of drug-likeness (QED) is 0.683. The maximum Gasteiger partial charge on any atom is 0.193 e. The van der Waals surface area contributed by atoms with Crippen LogP contribution in [0.15, 0.2) is 29.3 Å². The molecule has 1 aliphatic heterocycles. The van der Waals surface area contributed by atoms with Gasteiger partial charge in [-0.15, -0.1) is 0 Å². The number of rotatable bonds is 3. The van der Waals surface area contributed by atoms with Gasteiger partial charge in [0.1, 0.15) is 0 Å². The Kier molecular flexibility index (Phi) is 4.47. The topological polar surface area (TPSA) is 27.6 Å². The molecule has 0 spiro atoms. The number of fused-ring (bicyclic) bond motifs is 1. The molecule has 1 heterocycles. The van der Waals surface area contributed by atoms with Gasteiger partial charge in [-0.25, -0.2) is 0 Å². The number of hydrogen-bond donors (Lipinski definition) is 1. The Balaban J connectivity index is 1.64. The second-order valence-corrected chi connectivity index (χ2v) is 6.49. The first-order valence-corrected chi connectivity index (χ1v) is 8.39. The van der Waals surface area contributed by atoms with Crippen molar-refractivity contribution in [2.45, 2.75) is 39.0 Å². The van der Waals surface area contributed by atoms with Gasteiger partial charge in [-0.3, -0.25) is 4.99 Å². The number of guanidine groups is 1. The zero-order valence-corrected chi connectivity index (χ0v) is 13.3. The van der Waals surface area contributed by atoms with Crippen LogP contribution in [0.5, 0.6) is 0 Å². The van der Waals surface area contributed by atoms with Crippen LogP contribution in [-0.4, -0.2) is 37.0 Å². The molecule has 2 aliphatic rings. The highest BCUT2D eigenvalue weighted by Gasteiger charge is 2.26. The molecule has 1 fully saturated rings. The van der Waals surface area contributed by atoms with Gasteiger partial charge in [0.05, 0.1) is 0 Å². The van der Waals surface area contributed by atoms with E-state index in [2.05, 4.69) is 48.3 Å². The first kappa shape index (κ1) is 14.4. The Morgan fingerprint density at radius 3 is 3.00 bits per heavy atom. The second-order valence-electron chi connectivity index (χ2n) is 6.49. The van der Waals surface area contributed by atoms with E-state index in [0.717, 1.165) is 38.1 Å². The summed E-state index contributed by atoms with van der Waals surface area (Å²) in [6.45, 7) is 8.67. The Labute approximate surface area is 128 Å². The number of benzene rings is 1. The molecule has 3 heteroatoms. The molecule has 3 nitrogen and oxygen atoms in total. The van der Waals surface area contributed by atoms with Gasteiger partial charge in [0.25, 0.3) is 0 Å². The summed E-state index contributed by atoms with van der Waals surface area (Å²) in [6, 6.07) is 8.78. The van der Waals surface area contributed by atoms with E-state index in [4.69, 9.17) is 4.99 Å².